The minimum absolute atomic E-state index is 0.240. The average Bonchev–Trinajstić information content (AvgIpc) is 3.17. The van der Waals surface area contributed by atoms with E-state index in [1.807, 2.05) is 55.5 Å². The van der Waals surface area contributed by atoms with Crippen LogP contribution in [0.3, 0.4) is 0 Å². The van der Waals surface area contributed by atoms with Gasteiger partial charge in [0.15, 0.2) is 6.10 Å². The van der Waals surface area contributed by atoms with Gasteiger partial charge in [-0.25, -0.2) is 4.79 Å². The van der Waals surface area contributed by atoms with Gasteiger partial charge in [-0.1, -0.05) is 35.9 Å². The molecule has 0 saturated heterocycles. The summed E-state index contributed by atoms with van der Waals surface area (Å²) in [7, 11) is 1.58. The first-order valence-corrected chi connectivity index (χ1v) is 8.49. The van der Waals surface area contributed by atoms with Crippen LogP contribution in [0, 0.1) is 6.92 Å². The number of carbonyl (C=O) groups excluding carboxylic acids is 1. The van der Waals surface area contributed by atoms with Gasteiger partial charge in [0.2, 0.25) is 5.89 Å². The van der Waals surface area contributed by atoms with Crippen molar-refractivity contribution in [2.75, 3.05) is 7.11 Å². The number of ether oxygens (including phenoxy) is 2. The smallest absolute Gasteiger partial charge is 0.331 e. The Morgan fingerprint density at radius 3 is 2.59 bits per heavy atom. The van der Waals surface area contributed by atoms with Crippen molar-refractivity contribution in [3.63, 3.8) is 0 Å². The van der Waals surface area contributed by atoms with Gasteiger partial charge >= 0.3 is 5.97 Å². The number of methoxy groups -OCH3 is 1. The van der Waals surface area contributed by atoms with Crippen LogP contribution in [0.4, 0.5) is 0 Å². The zero-order valence-corrected chi connectivity index (χ0v) is 15.4. The van der Waals surface area contributed by atoms with Crippen LogP contribution in [0.25, 0.3) is 17.5 Å². The van der Waals surface area contributed by atoms with E-state index in [0.29, 0.717) is 11.6 Å². The molecular weight excluding hydrogens is 344 g/mol. The highest BCUT2D eigenvalue weighted by Crippen LogP contribution is 2.23. The average molecular weight is 364 g/mol. The number of aromatic nitrogens is 2. The highest BCUT2D eigenvalue weighted by molar-refractivity contribution is 5.87. The molecule has 0 unspecified atom stereocenters. The van der Waals surface area contributed by atoms with Crippen molar-refractivity contribution in [2.24, 2.45) is 0 Å². The summed E-state index contributed by atoms with van der Waals surface area (Å²) in [6.07, 6.45) is 2.32. The molecule has 1 atom stereocenters. The molecule has 138 valence electrons. The molecule has 2 aromatic carbocycles. The summed E-state index contributed by atoms with van der Waals surface area (Å²) in [5, 5.41) is 7.99. The third-order valence-corrected chi connectivity index (χ3v) is 3.92. The van der Waals surface area contributed by atoms with Crippen LogP contribution in [0.1, 0.15) is 30.0 Å². The SMILES string of the molecule is COc1ccccc1/C=C/C(=O)O[C@@H](C)c1nnc(-c2ccc(C)cc2)o1. The van der Waals surface area contributed by atoms with E-state index in [-0.39, 0.29) is 5.89 Å². The second kappa shape index (κ2) is 8.31. The van der Waals surface area contributed by atoms with E-state index in [1.54, 1.807) is 20.1 Å². The maximum absolute atomic E-state index is 12.1. The molecule has 27 heavy (non-hydrogen) atoms. The van der Waals surface area contributed by atoms with Gasteiger partial charge in [-0.2, -0.15) is 0 Å². The number of hydrogen-bond acceptors (Lipinski definition) is 6. The Bertz CT molecular complexity index is 945. The third-order valence-electron chi connectivity index (χ3n) is 3.92. The molecule has 0 bridgehead atoms. The summed E-state index contributed by atoms with van der Waals surface area (Å²) in [5.41, 5.74) is 2.74. The summed E-state index contributed by atoms with van der Waals surface area (Å²) in [6, 6.07) is 15.1. The number of aryl methyl sites for hydroxylation is 1. The van der Waals surface area contributed by atoms with Crippen LogP contribution in [-0.2, 0) is 9.53 Å². The van der Waals surface area contributed by atoms with Gasteiger partial charge in [-0.3, -0.25) is 0 Å². The molecule has 0 spiro atoms. The van der Waals surface area contributed by atoms with Crippen molar-refractivity contribution in [2.45, 2.75) is 20.0 Å². The number of rotatable bonds is 6. The lowest BCUT2D eigenvalue weighted by Gasteiger charge is -2.07. The number of para-hydroxylation sites is 1. The molecule has 0 aliphatic rings. The van der Waals surface area contributed by atoms with Crippen molar-refractivity contribution in [3.8, 4) is 17.2 Å². The number of benzene rings is 2. The van der Waals surface area contributed by atoms with E-state index < -0.39 is 12.1 Å². The van der Waals surface area contributed by atoms with Crippen LogP contribution in [0.2, 0.25) is 0 Å². The molecule has 0 saturated carbocycles. The number of carbonyl (C=O) groups is 1. The van der Waals surface area contributed by atoms with E-state index >= 15 is 0 Å². The minimum atomic E-state index is -0.661. The molecule has 6 nitrogen and oxygen atoms in total. The van der Waals surface area contributed by atoms with Crippen molar-refractivity contribution in [1.82, 2.24) is 10.2 Å². The fraction of sp³-hybridized carbons (Fsp3) is 0.190. The molecular formula is C21H20N2O4. The maximum Gasteiger partial charge on any atom is 0.331 e. The molecule has 0 aliphatic heterocycles. The molecule has 1 heterocycles. The number of nitrogens with zero attached hydrogens (tertiary/aromatic N) is 2. The minimum Gasteiger partial charge on any atom is -0.496 e. The summed E-state index contributed by atoms with van der Waals surface area (Å²) < 4.78 is 16.2. The van der Waals surface area contributed by atoms with Crippen molar-refractivity contribution >= 4 is 12.0 Å². The quantitative estimate of drug-likeness (QED) is 0.477. The van der Waals surface area contributed by atoms with Crippen molar-refractivity contribution < 1.29 is 18.7 Å². The highest BCUT2D eigenvalue weighted by Gasteiger charge is 2.18. The van der Waals surface area contributed by atoms with Gasteiger partial charge in [-0.15, -0.1) is 10.2 Å². The first kappa shape index (κ1) is 18.4. The van der Waals surface area contributed by atoms with Gasteiger partial charge in [0, 0.05) is 17.2 Å². The largest absolute Gasteiger partial charge is 0.496 e. The Morgan fingerprint density at radius 2 is 1.85 bits per heavy atom. The van der Waals surface area contributed by atoms with Gasteiger partial charge in [0.1, 0.15) is 5.75 Å². The Kier molecular flexibility index (Phi) is 5.66. The van der Waals surface area contributed by atoms with Crippen molar-refractivity contribution in [1.29, 1.82) is 0 Å². The molecule has 0 amide bonds. The van der Waals surface area contributed by atoms with Crippen LogP contribution >= 0.6 is 0 Å². The lowest BCUT2D eigenvalue weighted by atomic mass is 10.1. The molecule has 1 aromatic heterocycles. The van der Waals surface area contributed by atoms with Crippen LogP contribution in [-0.4, -0.2) is 23.3 Å². The standard InChI is InChI=1S/C21H20N2O4/c1-14-8-10-17(11-9-14)21-23-22-20(27-21)15(2)26-19(24)13-12-16-6-4-5-7-18(16)25-3/h4-13,15H,1-3H3/b13-12+/t15-/m0/s1. The summed E-state index contributed by atoms with van der Waals surface area (Å²) in [6.45, 7) is 3.68. The lowest BCUT2D eigenvalue weighted by Crippen LogP contribution is -2.06. The second-order valence-electron chi connectivity index (χ2n) is 5.97. The van der Waals surface area contributed by atoms with Gasteiger partial charge in [0.25, 0.3) is 5.89 Å². The Labute approximate surface area is 157 Å². The lowest BCUT2D eigenvalue weighted by molar-refractivity contribution is -0.143. The van der Waals surface area contributed by atoms with Crippen LogP contribution in [0.15, 0.2) is 59.0 Å². The normalized spacial score (nSPS) is 12.1. The Balaban J connectivity index is 1.65. The summed E-state index contributed by atoms with van der Waals surface area (Å²) in [5.74, 6) is 0.791. The second-order valence-corrected chi connectivity index (χ2v) is 5.97. The summed E-state index contributed by atoms with van der Waals surface area (Å²) >= 11 is 0. The fourth-order valence-electron chi connectivity index (χ4n) is 2.44. The van der Waals surface area contributed by atoms with Crippen molar-refractivity contribution in [3.05, 3.63) is 71.6 Å². The van der Waals surface area contributed by atoms with E-state index in [2.05, 4.69) is 10.2 Å². The first-order valence-electron chi connectivity index (χ1n) is 8.49. The summed E-state index contributed by atoms with van der Waals surface area (Å²) in [4.78, 5) is 12.1. The Hall–Kier alpha value is -3.41. The fourth-order valence-corrected chi connectivity index (χ4v) is 2.44. The molecule has 3 rings (SSSR count). The molecule has 3 aromatic rings. The Morgan fingerprint density at radius 1 is 1.11 bits per heavy atom. The monoisotopic (exact) mass is 364 g/mol. The zero-order valence-electron chi connectivity index (χ0n) is 15.4. The van der Waals surface area contributed by atoms with Gasteiger partial charge in [-0.05, 0) is 38.1 Å². The number of esters is 1. The number of hydrogen-bond donors (Lipinski definition) is 0. The molecule has 0 aliphatic carbocycles. The maximum atomic E-state index is 12.1. The van der Waals surface area contributed by atoms with E-state index in [0.717, 1.165) is 16.7 Å². The van der Waals surface area contributed by atoms with Crippen LogP contribution in [0.5, 0.6) is 5.75 Å². The predicted molar refractivity (Wildman–Crippen MR) is 101 cm³/mol. The molecule has 0 radical (unpaired) electrons. The zero-order chi connectivity index (χ0) is 19.2. The van der Waals surface area contributed by atoms with E-state index in [1.165, 1.54) is 6.08 Å². The third kappa shape index (κ3) is 4.61. The molecule has 0 N–H and O–H groups in total. The van der Waals surface area contributed by atoms with Gasteiger partial charge < -0.3 is 13.9 Å². The van der Waals surface area contributed by atoms with Gasteiger partial charge in [0.05, 0.1) is 7.11 Å². The highest BCUT2D eigenvalue weighted by atomic mass is 16.6. The molecule has 6 heteroatoms. The first-order chi connectivity index (χ1) is 13.1. The van der Waals surface area contributed by atoms with Crippen LogP contribution < -0.4 is 4.74 Å². The van der Waals surface area contributed by atoms with E-state index in [9.17, 15) is 4.79 Å². The molecule has 0 fully saturated rings. The predicted octanol–water partition coefficient (Wildman–Crippen LogP) is 4.37. The topological polar surface area (TPSA) is 74.5 Å². The van der Waals surface area contributed by atoms with E-state index in [4.69, 9.17) is 13.9 Å².